The van der Waals surface area contributed by atoms with Crippen molar-refractivity contribution in [2.24, 2.45) is 0 Å². The molecule has 98 valence electrons. The minimum atomic E-state index is -0.119. The molecule has 0 amide bonds. The molecule has 2 fully saturated rings. The van der Waals surface area contributed by atoms with Crippen LogP contribution < -0.4 is 5.32 Å². The molecule has 4 nitrogen and oxygen atoms in total. The number of piperidine rings is 1. The smallest absolute Gasteiger partial charge is 0.319 e. The number of nitrogens with zero attached hydrogens (tertiary/aromatic N) is 1. The van der Waals surface area contributed by atoms with E-state index >= 15 is 0 Å². The van der Waals surface area contributed by atoms with Gasteiger partial charge in [-0.05, 0) is 32.2 Å². The van der Waals surface area contributed by atoms with E-state index in [2.05, 4.69) is 10.2 Å². The normalized spacial score (nSPS) is 27.2. The molecule has 1 atom stereocenters. The van der Waals surface area contributed by atoms with E-state index in [1.54, 1.807) is 0 Å². The summed E-state index contributed by atoms with van der Waals surface area (Å²) in [7, 11) is 1.46. The van der Waals surface area contributed by atoms with Crippen LogP contribution in [0.1, 0.15) is 38.5 Å². The number of hydrogen-bond donors (Lipinski definition) is 1. The molecule has 0 radical (unpaired) electrons. The summed E-state index contributed by atoms with van der Waals surface area (Å²) < 4.78 is 4.72. The number of carbonyl (C=O) groups excluding carboxylic acids is 1. The van der Waals surface area contributed by atoms with E-state index in [1.807, 2.05) is 0 Å². The number of ether oxygens (including phenoxy) is 1. The molecule has 2 rings (SSSR count). The minimum Gasteiger partial charge on any atom is -0.468 e. The standard InChI is InChI=1S/C13H24N2O2/c1-17-13(16)10-15-8-4-7-12(9-15)14-11-5-2-3-6-11/h11-12,14H,2-10H2,1H3. The highest BCUT2D eigenvalue weighted by atomic mass is 16.5. The van der Waals surface area contributed by atoms with Crippen molar-refractivity contribution in [3.05, 3.63) is 0 Å². The summed E-state index contributed by atoms with van der Waals surface area (Å²) in [5.41, 5.74) is 0. The van der Waals surface area contributed by atoms with Crippen LogP contribution in [-0.4, -0.2) is 49.7 Å². The van der Waals surface area contributed by atoms with Gasteiger partial charge in [-0.15, -0.1) is 0 Å². The summed E-state index contributed by atoms with van der Waals surface area (Å²) in [4.78, 5) is 13.5. The number of likely N-dealkylation sites (tertiary alicyclic amines) is 1. The lowest BCUT2D eigenvalue weighted by molar-refractivity contribution is -0.142. The Hall–Kier alpha value is -0.610. The maximum Gasteiger partial charge on any atom is 0.319 e. The van der Waals surface area contributed by atoms with E-state index in [-0.39, 0.29) is 5.97 Å². The zero-order chi connectivity index (χ0) is 12.1. The monoisotopic (exact) mass is 240 g/mol. The van der Waals surface area contributed by atoms with E-state index in [4.69, 9.17) is 4.74 Å². The lowest BCUT2D eigenvalue weighted by Crippen LogP contribution is -2.49. The van der Waals surface area contributed by atoms with Crippen LogP contribution in [0.3, 0.4) is 0 Å². The van der Waals surface area contributed by atoms with Crippen molar-refractivity contribution in [3.63, 3.8) is 0 Å². The van der Waals surface area contributed by atoms with Crippen molar-refractivity contribution >= 4 is 5.97 Å². The van der Waals surface area contributed by atoms with Gasteiger partial charge in [0.05, 0.1) is 13.7 Å². The van der Waals surface area contributed by atoms with Gasteiger partial charge in [-0.2, -0.15) is 0 Å². The Bertz CT molecular complexity index is 252. The summed E-state index contributed by atoms with van der Waals surface area (Å²) in [6, 6.07) is 1.29. The average molecular weight is 240 g/mol. The molecule has 0 bridgehead atoms. The van der Waals surface area contributed by atoms with Gasteiger partial charge in [0.25, 0.3) is 0 Å². The summed E-state index contributed by atoms with van der Waals surface area (Å²) in [5, 5.41) is 3.75. The predicted molar refractivity (Wildman–Crippen MR) is 66.9 cm³/mol. The maximum atomic E-state index is 11.2. The Morgan fingerprint density at radius 1 is 1.24 bits per heavy atom. The molecule has 2 aliphatic rings. The van der Waals surface area contributed by atoms with Gasteiger partial charge in [0.1, 0.15) is 0 Å². The Morgan fingerprint density at radius 3 is 2.65 bits per heavy atom. The van der Waals surface area contributed by atoms with Crippen LogP contribution in [-0.2, 0) is 9.53 Å². The first-order chi connectivity index (χ1) is 8.28. The number of carbonyl (C=O) groups is 1. The van der Waals surface area contributed by atoms with Crippen LogP contribution in [0.25, 0.3) is 0 Å². The second kappa shape index (κ2) is 6.36. The van der Waals surface area contributed by atoms with Crippen molar-refractivity contribution in [1.29, 1.82) is 0 Å². The fourth-order valence-corrected chi connectivity index (χ4v) is 3.01. The largest absolute Gasteiger partial charge is 0.468 e. The van der Waals surface area contributed by atoms with Crippen molar-refractivity contribution in [3.8, 4) is 0 Å². The van der Waals surface area contributed by atoms with Gasteiger partial charge in [-0.3, -0.25) is 9.69 Å². The molecule has 1 N–H and O–H groups in total. The van der Waals surface area contributed by atoms with E-state index in [0.29, 0.717) is 12.6 Å². The van der Waals surface area contributed by atoms with Crippen molar-refractivity contribution in [1.82, 2.24) is 10.2 Å². The van der Waals surface area contributed by atoms with Crippen LogP contribution >= 0.6 is 0 Å². The lowest BCUT2D eigenvalue weighted by Gasteiger charge is -2.34. The molecule has 0 aromatic heterocycles. The molecule has 1 unspecified atom stereocenters. The highest BCUT2D eigenvalue weighted by molar-refractivity contribution is 5.71. The van der Waals surface area contributed by atoms with Gasteiger partial charge in [0.15, 0.2) is 0 Å². The topological polar surface area (TPSA) is 41.6 Å². The summed E-state index contributed by atoms with van der Waals surface area (Å²) in [6.45, 7) is 2.46. The number of methoxy groups -OCH3 is 1. The van der Waals surface area contributed by atoms with Gasteiger partial charge in [-0.1, -0.05) is 12.8 Å². The zero-order valence-electron chi connectivity index (χ0n) is 10.8. The first-order valence-corrected chi connectivity index (χ1v) is 6.83. The van der Waals surface area contributed by atoms with Crippen molar-refractivity contribution in [2.45, 2.75) is 50.6 Å². The third kappa shape index (κ3) is 3.96. The molecule has 0 aromatic rings. The van der Waals surface area contributed by atoms with Gasteiger partial charge < -0.3 is 10.1 Å². The highest BCUT2D eigenvalue weighted by Gasteiger charge is 2.24. The molecule has 17 heavy (non-hydrogen) atoms. The summed E-state index contributed by atoms with van der Waals surface area (Å²) in [5.74, 6) is -0.119. The third-order valence-electron chi connectivity index (χ3n) is 3.91. The molecule has 1 saturated heterocycles. The van der Waals surface area contributed by atoms with Crippen molar-refractivity contribution in [2.75, 3.05) is 26.7 Å². The second-order valence-electron chi connectivity index (χ2n) is 5.30. The summed E-state index contributed by atoms with van der Waals surface area (Å²) in [6.07, 6.45) is 7.82. The van der Waals surface area contributed by atoms with Gasteiger partial charge in [0.2, 0.25) is 0 Å². The molecule has 1 aliphatic carbocycles. The molecule has 4 heteroatoms. The highest BCUT2D eigenvalue weighted by Crippen LogP contribution is 2.20. The fourth-order valence-electron chi connectivity index (χ4n) is 3.01. The molecule has 1 aliphatic heterocycles. The second-order valence-corrected chi connectivity index (χ2v) is 5.30. The Labute approximate surface area is 104 Å². The van der Waals surface area contributed by atoms with Crippen LogP contribution in [0.15, 0.2) is 0 Å². The Balaban J connectivity index is 1.73. The first kappa shape index (κ1) is 12.8. The zero-order valence-corrected chi connectivity index (χ0v) is 10.8. The SMILES string of the molecule is COC(=O)CN1CCCC(NC2CCCC2)C1. The van der Waals surface area contributed by atoms with Gasteiger partial charge >= 0.3 is 5.97 Å². The van der Waals surface area contributed by atoms with Gasteiger partial charge in [-0.25, -0.2) is 0 Å². The van der Waals surface area contributed by atoms with Gasteiger partial charge in [0, 0.05) is 18.6 Å². The fraction of sp³-hybridized carbons (Fsp3) is 0.923. The minimum absolute atomic E-state index is 0.119. The molecular weight excluding hydrogens is 216 g/mol. The Kier molecular flexibility index (Phi) is 4.80. The Morgan fingerprint density at radius 2 is 1.94 bits per heavy atom. The van der Waals surface area contributed by atoms with Crippen molar-refractivity contribution < 1.29 is 9.53 Å². The quantitative estimate of drug-likeness (QED) is 0.749. The van der Waals surface area contributed by atoms with E-state index in [1.165, 1.54) is 45.6 Å². The first-order valence-electron chi connectivity index (χ1n) is 6.83. The third-order valence-corrected chi connectivity index (χ3v) is 3.91. The van der Waals surface area contributed by atoms with Crippen LogP contribution in [0.5, 0.6) is 0 Å². The predicted octanol–water partition coefficient (Wildman–Crippen LogP) is 1.16. The number of hydrogen-bond acceptors (Lipinski definition) is 4. The van der Waals surface area contributed by atoms with E-state index in [0.717, 1.165) is 19.1 Å². The molecule has 0 aromatic carbocycles. The number of esters is 1. The van der Waals surface area contributed by atoms with E-state index in [9.17, 15) is 4.79 Å². The molecule has 1 heterocycles. The molecule has 0 spiro atoms. The molecular formula is C13H24N2O2. The van der Waals surface area contributed by atoms with Crippen LogP contribution in [0.4, 0.5) is 0 Å². The number of nitrogens with one attached hydrogen (secondary N) is 1. The van der Waals surface area contributed by atoms with Crippen LogP contribution in [0.2, 0.25) is 0 Å². The van der Waals surface area contributed by atoms with Crippen LogP contribution in [0, 0.1) is 0 Å². The molecule has 1 saturated carbocycles. The number of rotatable bonds is 4. The average Bonchev–Trinajstić information content (AvgIpc) is 2.82. The van der Waals surface area contributed by atoms with E-state index < -0.39 is 0 Å². The maximum absolute atomic E-state index is 11.2. The lowest BCUT2D eigenvalue weighted by atomic mass is 10.0. The summed E-state index contributed by atoms with van der Waals surface area (Å²) >= 11 is 0.